The van der Waals surface area contributed by atoms with Crippen LogP contribution in [0.15, 0.2) is 24.3 Å². The second-order valence-electron chi connectivity index (χ2n) is 5.31. The predicted octanol–water partition coefficient (Wildman–Crippen LogP) is 2.47. The predicted molar refractivity (Wildman–Crippen MR) is 68.0 cm³/mol. The molecule has 2 nitrogen and oxygen atoms in total. The van der Waals surface area contributed by atoms with Gasteiger partial charge in [0.25, 0.3) is 0 Å². The van der Waals surface area contributed by atoms with E-state index in [1.165, 1.54) is 38.0 Å². The summed E-state index contributed by atoms with van der Waals surface area (Å²) in [5, 5.41) is 3.53. The molecule has 16 heavy (non-hydrogen) atoms. The van der Waals surface area contributed by atoms with Crippen LogP contribution in [-0.4, -0.2) is 31.6 Å². The highest BCUT2D eigenvalue weighted by Gasteiger charge is 2.38. The summed E-state index contributed by atoms with van der Waals surface area (Å²) in [6.07, 6.45) is 3.95. The normalized spacial score (nSPS) is 23.8. The minimum absolute atomic E-state index is 0.467. The molecule has 0 aromatic heterocycles. The molecule has 0 amide bonds. The van der Waals surface area contributed by atoms with Crippen molar-refractivity contribution >= 4 is 5.69 Å². The van der Waals surface area contributed by atoms with Crippen molar-refractivity contribution in [1.29, 1.82) is 0 Å². The van der Waals surface area contributed by atoms with E-state index in [0.717, 1.165) is 6.54 Å². The van der Waals surface area contributed by atoms with E-state index in [9.17, 15) is 0 Å². The molecule has 2 aliphatic heterocycles. The van der Waals surface area contributed by atoms with Crippen molar-refractivity contribution in [1.82, 2.24) is 4.90 Å². The van der Waals surface area contributed by atoms with Crippen molar-refractivity contribution in [2.45, 2.75) is 24.7 Å². The highest BCUT2D eigenvalue weighted by atomic mass is 15.1. The van der Waals surface area contributed by atoms with Crippen molar-refractivity contribution in [2.24, 2.45) is 0 Å². The summed E-state index contributed by atoms with van der Waals surface area (Å²) < 4.78 is 0. The minimum Gasteiger partial charge on any atom is -0.385 e. The molecule has 1 spiro atoms. The lowest BCUT2D eigenvalue weighted by molar-refractivity contribution is 0.179. The minimum atomic E-state index is 0.467. The topological polar surface area (TPSA) is 15.3 Å². The lowest BCUT2D eigenvalue weighted by atomic mass is 9.68. The highest BCUT2D eigenvalue weighted by Crippen LogP contribution is 2.44. The van der Waals surface area contributed by atoms with E-state index in [-0.39, 0.29) is 0 Å². The Balaban J connectivity index is 1.97. The molecular weight excluding hydrogens is 196 g/mol. The Labute approximate surface area is 97.6 Å². The fourth-order valence-electron chi connectivity index (χ4n) is 3.24. The number of hydrogen-bond donors (Lipinski definition) is 1. The molecule has 0 atom stereocenters. The Hall–Kier alpha value is -1.02. The molecule has 0 saturated carbocycles. The zero-order valence-corrected chi connectivity index (χ0v) is 10.00. The zero-order chi connectivity index (χ0) is 11.0. The molecular formula is C14H20N2. The average molecular weight is 216 g/mol. The van der Waals surface area contributed by atoms with Crippen molar-refractivity contribution in [3.63, 3.8) is 0 Å². The third kappa shape index (κ3) is 1.52. The van der Waals surface area contributed by atoms with Crippen LogP contribution in [0.5, 0.6) is 0 Å². The number of hydrogen-bond acceptors (Lipinski definition) is 2. The number of rotatable bonds is 0. The van der Waals surface area contributed by atoms with Crippen LogP contribution >= 0.6 is 0 Å². The summed E-state index contributed by atoms with van der Waals surface area (Å²) in [6, 6.07) is 8.88. The fraction of sp³-hybridized carbons (Fsp3) is 0.571. The van der Waals surface area contributed by atoms with Crippen LogP contribution in [0.2, 0.25) is 0 Å². The maximum atomic E-state index is 3.53. The quantitative estimate of drug-likeness (QED) is 0.716. The summed E-state index contributed by atoms with van der Waals surface area (Å²) in [7, 11) is 2.24. The van der Waals surface area contributed by atoms with Gasteiger partial charge in [-0.2, -0.15) is 0 Å². The van der Waals surface area contributed by atoms with Gasteiger partial charge in [0.15, 0.2) is 0 Å². The Bertz CT molecular complexity index is 378. The standard InChI is InChI=1S/C14H20N2/c1-16-10-7-14(8-11-16)6-9-15-13-5-3-2-4-12(13)14/h2-5,15H,6-11H2,1H3. The third-order valence-corrected chi connectivity index (χ3v) is 4.36. The SMILES string of the molecule is CN1CCC2(CCNc3ccccc32)CC1. The van der Waals surface area contributed by atoms with Crippen LogP contribution in [-0.2, 0) is 5.41 Å². The summed E-state index contributed by atoms with van der Waals surface area (Å²) in [6.45, 7) is 3.63. The lowest BCUT2D eigenvalue weighted by Gasteiger charge is -2.44. The summed E-state index contributed by atoms with van der Waals surface area (Å²) >= 11 is 0. The maximum absolute atomic E-state index is 3.53. The molecule has 1 N–H and O–H groups in total. The van der Waals surface area contributed by atoms with E-state index in [1.54, 1.807) is 5.56 Å². The first-order valence-electron chi connectivity index (χ1n) is 6.32. The van der Waals surface area contributed by atoms with Crippen LogP contribution < -0.4 is 5.32 Å². The van der Waals surface area contributed by atoms with Gasteiger partial charge in [-0.05, 0) is 51.0 Å². The summed E-state index contributed by atoms with van der Waals surface area (Å²) in [5.74, 6) is 0. The van der Waals surface area contributed by atoms with Gasteiger partial charge in [0.05, 0.1) is 0 Å². The van der Waals surface area contributed by atoms with Crippen molar-refractivity contribution in [3.05, 3.63) is 29.8 Å². The third-order valence-electron chi connectivity index (χ3n) is 4.36. The van der Waals surface area contributed by atoms with Gasteiger partial charge in [-0.1, -0.05) is 18.2 Å². The largest absolute Gasteiger partial charge is 0.385 e. The van der Waals surface area contributed by atoms with E-state index in [0.29, 0.717) is 5.41 Å². The number of nitrogens with one attached hydrogen (secondary N) is 1. The lowest BCUT2D eigenvalue weighted by Crippen LogP contribution is -2.44. The van der Waals surface area contributed by atoms with Gasteiger partial charge >= 0.3 is 0 Å². The molecule has 1 saturated heterocycles. The molecule has 2 aliphatic rings. The number of para-hydroxylation sites is 1. The number of piperidine rings is 1. The van der Waals surface area contributed by atoms with Crippen molar-refractivity contribution in [3.8, 4) is 0 Å². The van der Waals surface area contributed by atoms with Crippen LogP contribution in [0.1, 0.15) is 24.8 Å². The van der Waals surface area contributed by atoms with Crippen LogP contribution in [0.3, 0.4) is 0 Å². The Morgan fingerprint density at radius 2 is 1.88 bits per heavy atom. The Kier molecular flexibility index (Phi) is 2.40. The second-order valence-corrected chi connectivity index (χ2v) is 5.31. The first-order chi connectivity index (χ1) is 7.80. The highest BCUT2D eigenvalue weighted by molar-refractivity contribution is 5.57. The van der Waals surface area contributed by atoms with E-state index < -0.39 is 0 Å². The van der Waals surface area contributed by atoms with E-state index in [2.05, 4.69) is 41.5 Å². The van der Waals surface area contributed by atoms with Gasteiger partial charge in [0, 0.05) is 17.6 Å². The first kappa shape index (κ1) is 10.2. The van der Waals surface area contributed by atoms with Gasteiger partial charge in [-0.15, -0.1) is 0 Å². The monoisotopic (exact) mass is 216 g/mol. The molecule has 1 aromatic carbocycles. The average Bonchev–Trinajstić information content (AvgIpc) is 2.34. The molecule has 1 fully saturated rings. The molecule has 0 unspecified atom stereocenters. The first-order valence-corrected chi connectivity index (χ1v) is 6.32. The van der Waals surface area contributed by atoms with Crippen LogP contribution in [0.4, 0.5) is 5.69 Å². The van der Waals surface area contributed by atoms with Crippen molar-refractivity contribution in [2.75, 3.05) is 32.0 Å². The van der Waals surface area contributed by atoms with Crippen LogP contribution in [0.25, 0.3) is 0 Å². The molecule has 2 heterocycles. The van der Waals surface area contributed by atoms with Gasteiger partial charge in [-0.25, -0.2) is 0 Å². The molecule has 0 aliphatic carbocycles. The number of likely N-dealkylation sites (tertiary alicyclic amines) is 1. The van der Waals surface area contributed by atoms with Gasteiger partial charge < -0.3 is 10.2 Å². The molecule has 3 rings (SSSR count). The maximum Gasteiger partial charge on any atom is 0.0378 e. The van der Waals surface area contributed by atoms with Crippen molar-refractivity contribution < 1.29 is 0 Å². The smallest absolute Gasteiger partial charge is 0.0378 e. The summed E-state index contributed by atoms with van der Waals surface area (Å²) in [5.41, 5.74) is 3.40. The van der Waals surface area contributed by atoms with E-state index in [4.69, 9.17) is 0 Å². The van der Waals surface area contributed by atoms with Gasteiger partial charge in [-0.3, -0.25) is 0 Å². The Morgan fingerprint density at radius 3 is 2.69 bits per heavy atom. The zero-order valence-electron chi connectivity index (χ0n) is 10.00. The Morgan fingerprint density at radius 1 is 1.12 bits per heavy atom. The number of benzene rings is 1. The van der Waals surface area contributed by atoms with E-state index in [1.807, 2.05) is 0 Å². The van der Waals surface area contributed by atoms with Gasteiger partial charge in [0.2, 0.25) is 0 Å². The van der Waals surface area contributed by atoms with E-state index >= 15 is 0 Å². The van der Waals surface area contributed by atoms with Gasteiger partial charge in [0.1, 0.15) is 0 Å². The number of anilines is 1. The molecule has 0 radical (unpaired) electrons. The summed E-state index contributed by atoms with van der Waals surface area (Å²) in [4.78, 5) is 2.45. The second kappa shape index (κ2) is 3.77. The number of nitrogens with zero attached hydrogens (tertiary/aromatic N) is 1. The molecule has 2 heteroatoms. The van der Waals surface area contributed by atoms with Crippen LogP contribution in [0, 0.1) is 0 Å². The molecule has 1 aromatic rings. The molecule has 0 bridgehead atoms. The number of fused-ring (bicyclic) bond motifs is 2. The molecule has 86 valence electrons. The fourth-order valence-corrected chi connectivity index (χ4v) is 3.24.